The lowest BCUT2D eigenvalue weighted by Gasteiger charge is -2.00. The predicted octanol–water partition coefficient (Wildman–Crippen LogP) is 2.09. The van der Waals surface area contributed by atoms with Crippen molar-refractivity contribution in [2.45, 2.75) is 0 Å². The molecule has 0 saturated carbocycles. The summed E-state index contributed by atoms with van der Waals surface area (Å²) in [4.78, 5) is 17.7. The molecule has 0 aliphatic carbocycles. The molecule has 0 radical (unpaired) electrons. The third-order valence-corrected chi connectivity index (χ3v) is 2.11. The molecule has 0 bridgehead atoms. The van der Waals surface area contributed by atoms with E-state index in [9.17, 15) is 4.79 Å². The van der Waals surface area contributed by atoms with E-state index >= 15 is 0 Å². The molecule has 0 amide bonds. The van der Waals surface area contributed by atoms with Crippen LogP contribution in [0.3, 0.4) is 0 Å². The van der Waals surface area contributed by atoms with Gasteiger partial charge in [-0.2, -0.15) is 0 Å². The van der Waals surface area contributed by atoms with E-state index in [-0.39, 0.29) is 5.56 Å². The Morgan fingerprint density at radius 3 is 2.93 bits per heavy atom. The molecule has 0 spiro atoms. The van der Waals surface area contributed by atoms with Gasteiger partial charge in [0.25, 0.3) is 0 Å². The molecular formula is C10H7ClN2O. The van der Waals surface area contributed by atoms with Crippen molar-refractivity contribution in [3.63, 3.8) is 0 Å². The number of H-pyrrole nitrogens is 1. The van der Waals surface area contributed by atoms with Crippen LogP contribution in [0.4, 0.5) is 0 Å². The van der Waals surface area contributed by atoms with E-state index in [1.54, 1.807) is 30.6 Å². The average Bonchev–Trinajstić information content (AvgIpc) is 2.18. The van der Waals surface area contributed by atoms with Crippen molar-refractivity contribution < 1.29 is 0 Å². The van der Waals surface area contributed by atoms with E-state index in [0.717, 1.165) is 5.56 Å². The number of nitrogens with one attached hydrogen (secondary N) is 1. The molecule has 14 heavy (non-hydrogen) atoms. The first-order chi connectivity index (χ1) is 6.77. The highest BCUT2D eigenvalue weighted by Gasteiger charge is 2.03. The van der Waals surface area contributed by atoms with Gasteiger partial charge in [-0.15, -0.1) is 0 Å². The molecular weight excluding hydrogens is 200 g/mol. The number of nitrogens with zero attached hydrogens (tertiary/aromatic N) is 1. The van der Waals surface area contributed by atoms with Crippen LogP contribution >= 0.6 is 11.6 Å². The standard InChI is InChI=1S/C10H7ClN2O/c11-8-2-1-4-13-10(8)7-3-5-12-9(14)6-7/h1-6H,(H,12,14). The van der Waals surface area contributed by atoms with E-state index < -0.39 is 0 Å². The molecule has 2 rings (SSSR count). The quantitative estimate of drug-likeness (QED) is 0.777. The number of halogens is 1. The van der Waals surface area contributed by atoms with E-state index in [0.29, 0.717) is 10.7 Å². The Morgan fingerprint density at radius 2 is 2.21 bits per heavy atom. The number of aromatic amines is 1. The van der Waals surface area contributed by atoms with Gasteiger partial charge in [0.15, 0.2) is 0 Å². The summed E-state index contributed by atoms with van der Waals surface area (Å²) >= 11 is 5.94. The van der Waals surface area contributed by atoms with Crippen LogP contribution in [0.2, 0.25) is 5.02 Å². The zero-order valence-corrected chi connectivity index (χ0v) is 7.95. The average molecular weight is 207 g/mol. The van der Waals surface area contributed by atoms with E-state index in [4.69, 9.17) is 11.6 Å². The smallest absolute Gasteiger partial charge is 0.248 e. The number of pyridine rings is 2. The molecule has 2 aromatic rings. The van der Waals surface area contributed by atoms with Crippen molar-refractivity contribution >= 4 is 11.6 Å². The van der Waals surface area contributed by atoms with Gasteiger partial charge in [0, 0.05) is 24.0 Å². The van der Waals surface area contributed by atoms with Crippen LogP contribution in [-0.4, -0.2) is 9.97 Å². The summed E-state index contributed by atoms with van der Waals surface area (Å²) in [6, 6.07) is 6.72. The zero-order chi connectivity index (χ0) is 9.97. The van der Waals surface area contributed by atoms with Crippen LogP contribution in [0.25, 0.3) is 11.3 Å². The monoisotopic (exact) mass is 206 g/mol. The topological polar surface area (TPSA) is 45.8 Å². The molecule has 2 aromatic heterocycles. The number of rotatable bonds is 1. The van der Waals surface area contributed by atoms with Gasteiger partial charge in [-0.05, 0) is 18.2 Å². The van der Waals surface area contributed by atoms with Gasteiger partial charge in [-0.3, -0.25) is 9.78 Å². The summed E-state index contributed by atoms with van der Waals surface area (Å²) in [6.07, 6.45) is 3.21. The summed E-state index contributed by atoms with van der Waals surface area (Å²) < 4.78 is 0. The van der Waals surface area contributed by atoms with Crippen molar-refractivity contribution in [2.75, 3.05) is 0 Å². The summed E-state index contributed by atoms with van der Waals surface area (Å²) in [5.41, 5.74) is 1.18. The van der Waals surface area contributed by atoms with Crippen molar-refractivity contribution in [3.05, 3.63) is 52.0 Å². The van der Waals surface area contributed by atoms with Crippen LogP contribution in [0, 0.1) is 0 Å². The fourth-order valence-electron chi connectivity index (χ4n) is 1.19. The second-order valence-electron chi connectivity index (χ2n) is 2.78. The maximum atomic E-state index is 11.0. The fourth-order valence-corrected chi connectivity index (χ4v) is 1.42. The highest BCUT2D eigenvalue weighted by Crippen LogP contribution is 2.23. The Kier molecular flexibility index (Phi) is 2.33. The molecule has 0 unspecified atom stereocenters. The third kappa shape index (κ3) is 1.67. The third-order valence-electron chi connectivity index (χ3n) is 1.81. The minimum Gasteiger partial charge on any atom is -0.329 e. The Bertz CT molecular complexity index is 507. The van der Waals surface area contributed by atoms with Crippen molar-refractivity contribution in [3.8, 4) is 11.3 Å². The molecule has 0 fully saturated rings. The summed E-state index contributed by atoms with van der Waals surface area (Å²) in [7, 11) is 0. The molecule has 0 saturated heterocycles. The minimum atomic E-state index is -0.163. The van der Waals surface area contributed by atoms with Gasteiger partial charge in [0.05, 0.1) is 10.7 Å². The summed E-state index contributed by atoms with van der Waals surface area (Å²) in [6.45, 7) is 0. The molecule has 0 atom stereocenters. The second-order valence-corrected chi connectivity index (χ2v) is 3.18. The van der Waals surface area contributed by atoms with Crippen LogP contribution in [0.15, 0.2) is 41.5 Å². The molecule has 0 aromatic carbocycles. The maximum Gasteiger partial charge on any atom is 0.248 e. The van der Waals surface area contributed by atoms with E-state index in [1.807, 2.05) is 0 Å². The van der Waals surface area contributed by atoms with Crippen molar-refractivity contribution in [2.24, 2.45) is 0 Å². The van der Waals surface area contributed by atoms with Crippen molar-refractivity contribution in [1.82, 2.24) is 9.97 Å². The fraction of sp³-hybridized carbons (Fsp3) is 0. The Morgan fingerprint density at radius 1 is 1.36 bits per heavy atom. The van der Waals surface area contributed by atoms with Gasteiger partial charge >= 0.3 is 0 Å². The van der Waals surface area contributed by atoms with Crippen LogP contribution in [0.5, 0.6) is 0 Å². The van der Waals surface area contributed by atoms with Gasteiger partial charge in [0.1, 0.15) is 0 Å². The highest BCUT2D eigenvalue weighted by atomic mass is 35.5. The first kappa shape index (κ1) is 8.97. The lowest BCUT2D eigenvalue weighted by molar-refractivity contribution is 1.23. The number of hydrogen-bond donors (Lipinski definition) is 1. The first-order valence-corrected chi connectivity index (χ1v) is 4.45. The van der Waals surface area contributed by atoms with E-state index in [1.165, 1.54) is 6.07 Å². The normalized spacial score (nSPS) is 10.1. The second kappa shape index (κ2) is 3.64. The van der Waals surface area contributed by atoms with Gasteiger partial charge < -0.3 is 4.98 Å². The lowest BCUT2D eigenvalue weighted by atomic mass is 10.2. The van der Waals surface area contributed by atoms with Gasteiger partial charge in [-0.25, -0.2) is 0 Å². The maximum absolute atomic E-state index is 11.0. The largest absolute Gasteiger partial charge is 0.329 e. The predicted molar refractivity (Wildman–Crippen MR) is 55.3 cm³/mol. The zero-order valence-electron chi connectivity index (χ0n) is 7.20. The summed E-state index contributed by atoms with van der Waals surface area (Å²) in [5.74, 6) is 0. The molecule has 70 valence electrons. The SMILES string of the molecule is O=c1cc(-c2ncccc2Cl)cc[nH]1. The van der Waals surface area contributed by atoms with Gasteiger partial charge in [0.2, 0.25) is 5.56 Å². The summed E-state index contributed by atoms with van der Waals surface area (Å²) in [5, 5.41) is 0.540. The van der Waals surface area contributed by atoms with Crippen LogP contribution < -0.4 is 5.56 Å². The Hall–Kier alpha value is -1.61. The molecule has 3 nitrogen and oxygen atoms in total. The van der Waals surface area contributed by atoms with Crippen LogP contribution in [0.1, 0.15) is 0 Å². The molecule has 0 aliphatic heterocycles. The lowest BCUT2D eigenvalue weighted by Crippen LogP contribution is -2.02. The number of aromatic nitrogens is 2. The molecule has 0 aliphatic rings. The Labute approximate surface area is 85.4 Å². The van der Waals surface area contributed by atoms with Gasteiger partial charge in [-0.1, -0.05) is 11.6 Å². The number of hydrogen-bond acceptors (Lipinski definition) is 2. The highest BCUT2D eigenvalue weighted by molar-refractivity contribution is 6.32. The first-order valence-electron chi connectivity index (χ1n) is 4.07. The minimum absolute atomic E-state index is 0.163. The Balaban J connectivity index is 2.61. The van der Waals surface area contributed by atoms with Crippen LogP contribution in [-0.2, 0) is 0 Å². The van der Waals surface area contributed by atoms with E-state index in [2.05, 4.69) is 9.97 Å². The molecule has 4 heteroatoms. The van der Waals surface area contributed by atoms with Crippen molar-refractivity contribution in [1.29, 1.82) is 0 Å². The molecule has 2 heterocycles. The molecule has 1 N–H and O–H groups in total.